The quantitative estimate of drug-likeness (QED) is 0.529. The first-order chi connectivity index (χ1) is 9.74. The maximum absolute atomic E-state index is 5.86. The summed E-state index contributed by atoms with van der Waals surface area (Å²) in [4.78, 5) is 0. The molecule has 0 spiro atoms. The van der Waals surface area contributed by atoms with Crippen LogP contribution in [0.4, 0.5) is 22.7 Å². The number of nitrogens with two attached hydrogens (primary N) is 2. The molecule has 4 heteroatoms. The Morgan fingerprint density at radius 3 is 2.30 bits per heavy atom. The lowest BCUT2D eigenvalue weighted by molar-refractivity contribution is 1.24. The van der Waals surface area contributed by atoms with E-state index in [0.29, 0.717) is 17.1 Å². The Hall–Kier alpha value is -2.88. The van der Waals surface area contributed by atoms with Gasteiger partial charge in [0, 0.05) is 11.1 Å². The van der Waals surface area contributed by atoms with Crippen molar-refractivity contribution >= 4 is 33.5 Å². The Morgan fingerprint density at radius 1 is 0.700 bits per heavy atom. The number of fused-ring (bicyclic) bond motifs is 1. The van der Waals surface area contributed by atoms with Gasteiger partial charge in [0.1, 0.15) is 5.69 Å². The largest absolute Gasteiger partial charge is 0.399 e. The summed E-state index contributed by atoms with van der Waals surface area (Å²) in [5.74, 6) is 0. The molecule has 0 atom stereocenters. The zero-order chi connectivity index (χ0) is 13.9. The zero-order valence-electron chi connectivity index (χ0n) is 10.8. The van der Waals surface area contributed by atoms with Crippen LogP contribution in [0.15, 0.2) is 70.9 Å². The van der Waals surface area contributed by atoms with Crippen molar-refractivity contribution in [3.63, 3.8) is 0 Å². The van der Waals surface area contributed by atoms with Crippen LogP contribution in [0, 0.1) is 0 Å². The summed E-state index contributed by atoms with van der Waals surface area (Å²) in [6, 6.07) is 19.2. The molecule has 0 fully saturated rings. The summed E-state index contributed by atoms with van der Waals surface area (Å²) in [5, 5.41) is 10.7. The molecule has 0 heterocycles. The lowest BCUT2D eigenvalue weighted by atomic mass is 10.1. The highest BCUT2D eigenvalue weighted by Crippen LogP contribution is 2.30. The molecule has 0 saturated heterocycles. The first kappa shape index (κ1) is 12.2. The van der Waals surface area contributed by atoms with Crippen molar-refractivity contribution in [1.82, 2.24) is 0 Å². The Morgan fingerprint density at radius 2 is 1.45 bits per heavy atom. The van der Waals surface area contributed by atoms with Crippen molar-refractivity contribution in [1.29, 1.82) is 0 Å². The van der Waals surface area contributed by atoms with E-state index in [4.69, 9.17) is 11.5 Å². The van der Waals surface area contributed by atoms with Crippen LogP contribution < -0.4 is 11.5 Å². The minimum atomic E-state index is 0.522. The second-order valence-electron chi connectivity index (χ2n) is 4.52. The third-order valence-corrected chi connectivity index (χ3v) is 3.08. The second kappa shape index (κ2) is 5.01. The first-order valence-corrected chi connectivity index (χ1v) is 6.28. The summed E-state index contributed by atoms with van der Waals surface area (Å²) in [6.07, 6.45) is 0. The smallest absolute Gasteiger partial charge is 0.109 e. The van der Waals surface area contributed by atoms with Gasteiger partial charge in [-0.05, 0) is 29.7 Å². The fraction of sp³-hybridized carbons (Fsp3) is 0. The van der Waals surface area contributed by atoms with Gasteiger partial charge in [0.05, 0.1) is 11.4 Å². The van der Waals surface area contributed by atoms with Gasteiger partial charge in [0.2, 0.25) is 0 Å². The first-order valence-electron chi connectivity index (χ1n) is 6.28. The minimum absolute atomic E-state index is 0.522. The number of rotatable bonds is 2. The molecule has 3 aromatic rings. The number of nitrogens with zero attached hydrogens (tertiary/aromatic N) is 2. The molecule has 3 aromatic carbocycles. The maximum Gasteiger partial charge on any atom is 0.109 e. The number of hydrogen-bond donors (Lipinski definition) is 2. The van der Waals surface area contributed by atoms with E-state index >= 15 is 0 Å². The van der Waals surface area contributed by atoms with Gasteiger partial charge in [-0.15, -0.1) is 10.2 Å². The van der Waals surface area contributed by atoms with E-state index < -0.39 is 0 Å². The number of nitrogen functional groups attached to an aromatic ring is 2. The molecule has 0 aliphatic rings. The molecule has 0 aliphatic carbocycles. The van der Waals surface area contributed by atoms with E-state index in [-0.39, 0.29) is 0 Å². The van der Waals surface area contributed by atoms with Crippen molar-refractivity contribution < 1.29 is 0 Å². The van der Waals surface area contributed by atoms with E-state index in [0.717, 1.165) is 16.5 Å². The standard InChI is InChI=1S/C16H14N4/c17-12-8-9-16(14(18)10-12)20-19-15-7-3-5-11-4-1-2-6-13(11)15/h1-10H,17-18H2. The third kappa shape index (κ3) is 2.31. The van der Waals surface area contributed by atoms with Crippen molar-refractivity contribution in [2.45, 2.75) is 0 Å². The SMILES string of the molecule is Nc1ccc(N=Nc2cccc3ccccc23)c(N)c1. The Balaban J connectivity index is 2.02. The summed E-state index contributed by atoms with van der Waals surface area (Å²) >= 11 is 0. The lowest BCUT2D eigenvalue weighted by Crippen LogP contribution is -1.89. The van der Waals surface area contributed by atoms with Crippen molar-refractivity contribution in [2.75, 3.05) is 11.5 Å². The minimum Gasteiger partial charge on any atom is -0.399 e. The van der Waals surface area contributed by atoms with Crippen LogP contribution in [0.5, 0.6) is 0 Å². The van der Waals surface area contributed by atoms with E-state index in [1.165, 1.54) is 0 Å². The van der Waals surface area contributed by atoms with Crippen LogP contribution in [-0.4, -0.2) is 0 Å². The highest BCUT2D eigenvalue weighted by molar-refractivity contribution is 5.92. The third-order valence-electron chi connectivity index (χ3n) is 3.08. The molecule has 0 aromatic heterocycles. The number of azo groups is 1. The highest BCUT2D eigenvalue weighted by atomic mass is 15.1. The molecule has 4 nitrogen and oxygen atoms in total. The van der Waals surface area contributed by atoms with Crippen molar-refractivity contribution in [3.05, 3.63) is 60.7 Å². The van der Waals surface area contributed by atoms with Crippen LogP contribution in [0.3, 0.4) is 0 Å². The molecular weight excluding hydrogens is 248 g/mol. The van der Waals surface area contributed by atoms with Crippen LogP contribution in [0.2, 0.25) is 0 Å². The monoisotopic (exact) mass is 262 g/mol. The van der Waals surface area contributed by atoms with E-state index in [9.17, 15) is 0 Å². The molecule has 3 rings (SSSR count). The fourth-order valence-electron chi connectivity index (χ4n) is 2.07. The van der Waals surface area contributed by atoms with Gasteiger partial charge in [0.25, 0.3) is 0 Å². The predicted octanol–water partition coefficient (Wildman–Crippen LogP) is 4.42. The number of hydrogen-bond acceptors (Lipinski definition) is 4. The highest BCUT2D eigenvalue weighted by Gasteiger charge is 2.00. The van der Waals surface area contributed by atoms with E-state index in [1.807, 2.05) is 42.5 Å². The summed E-state index contributed by atoms with van der Waals surface area (Å²) in [5.41, 5.74) is 14.1. The molecule has 0 aliphatic heterocycles. The molecule has 98 valence electrons. The molecule has 0 amide bonds. The Labute approximate surface area is 116 Å². The molecular formula is C16H14N4. The summed E-state index contributed by atoms with van der Waals surface area (Å²) < 4.78 is 0. The Kier molecular flexibility index (Phi) is 3.05. The molecule has 0 bridgehead atoms. The average molecular weight is 262 g/mol. The van der Waals surface area contributed by atoms with E-state index in [1.54, 1.807) is 18.2 Å². The topological polar surface area (TPSA) is 76.8 Å². The normalized spacial score (nSPS) is 11.2. The Bertz CT molecular complexity index is 788. The van der Waals surface area contributed by atoms with Gasteiger partial charge in [0.15, 0.2) is 0 Å². The van der Waals surface area contributed by atoms with Gasteiger partial charge < -0.3 is 11.5 Å². The van der Waals surface area contributed by atoms with Crippen LogP contribution in [-0.2, 0) is 0 Å². The van der Waals surface area contributed by atoms with E-state index in [2.05, 4.69) is 10.2 Å². The van der Waals surface area contributed by atoms with Gasteiger partial charge in [-0.2, -0.15) is 0 Å². The van der Waals surface area contributed by atoms with Gasteiger partial charge >= 0.3 is 0 Å². The predicted molar refractivity (Wildman–Crippen MR) is 83.4 cm³/mol. The lowest BCUT2D eigenvalue weighted by Gasteiger charge is -2.02. The fourth-order valence-corrected chi connectivity index (χ4v) is 2.07. The summed E-state index contributed by atoms with van der Waals surface area (Å²) in [6.45, 7) is 0. The molecule has 0 saturated carbocycles. The summed E-state index contributed by atoms with van der Waals surface area (Å²) in [7, 11) is 0. The molecule has 20 heavy (non-hydrogen) atoms. The molecule has 0 unspecified atom stereocenters. The van der Waals surface area contributed by atoms with Crippen LogP contribution in [0.25, 0.3) is 10.8 Å². The van der Waals surface area contributed by atoms with Crippen LogP contribution >= 0.6 is 0 Å². The van der Waals surface area contributed by atoms with Gasteiger partial charge in [-0.25, -0.2) is 0 Å². The van der Waals surface area contributed by atoms with Crippen LogP contribution in [0.1, 0.15) is 0 Å². The van der Waals surface area contributed by atoms with Crippen molar-refractivity contribution in [2.24, 2.45) is 10.2 Å². The average Bonchev–Trinajstić information content (AvgIpc) is 2.46. The zero-order valence-corrected chi connectivity index (χ0v) is 10.8. The molecule has 0 radical (unpaired) electrons. The number of anilines is 2. The molecule has 4 N–H and O–H groups in total. The van der Waals surface area contributed by atoms with Crippen molar-refractivity contribution in [3.8, 4) is 0 Å². The van der Waals surface area contributed by atoms with Gasteiger partial charge in [-0.3, -0.25) is 0 Å². The maximum atomic E-state index is 5.86. The van der Waals surface area contributed by atoms with Gasteiger partial charge in [-0.1, -0.05) is 36.4 Å². The number of benzene rings is 3. The second-order valence-corrected chi connectivity index (χ2v) is 4.52.